The molecule has 0 saturated carbocycles. The highest BCUT2D eigenvalue weighted by Gasteiger charge is 2.24. The molecule has 27 heavy (non-hydrogen) atoms. The molecule has 3 rings (SSSR count). The Balaban J connectivity index is 1.56. The van der Waals surface area contributed by atoms with Gasteiger partial charge in [0.2, 0.25) is 5.91 Å². The van der Waals surface area contributed by atoms with Gasteiger partial charge in [0.15, 0.2) is 0 Å². The third-order valence-corrected chi connectivity index (χ3v) is 4.91. The fourth-order valence-corrected chi connectivity index (χ4v) is 3.47. The second-order valence-corrected chi connectivity index (χ2v) is 6.94. The number of amides is 1. The summed E-state index contributed by atoms with van der Waals surface area (Å²) < 4.78 is 5.73. The van der Waals surface area contributed by atoms with E-state index in [-0.39, 0.29) is 11.9 Å². The smallest absolute Gasteiger partial charge is 0.223 e. The molecule has 144 valence electrons. The van der Waals surface area contributed by atoms with Crippen LogP contribution in [-0.4, -0.2) is 41.5 Å². The average molecular weight is 367 g/mol. The standard InChI is InChI=1S/C22H29N3O2/c26-22(12-7-17-27-21-10-2-1-3-11-21)25(18-19-8-4-5-15-24-19)20-9-6-14-23-16-13-20/h1-5,8,10-11,15,20,23H,6-7,9,12-14,16-18H2. The van der Waals surface area contributed by atoms with Crippen LogP contribution in [0, 0.1) is 0 Å². The lowest BCUT2D eigenvalue weighted by atomic mass is 10.1. The second kappa shape index (κ2) is 10.7. The summed E-state index contributed by atoms with van der Waals surface area (Å²) in [6.45, 7) is 3.14. The Morgan fingerprint density at radius 1 is 1.11 bits per heavy atom. The average Bonchev–Trinajstić information content (AvgIpc) is 3.00. The minimum Gasteiger partial charge on any atom is -0.494 e. The summed E-state index contributed by atoms with van der Waals surface area (Å²) in [6.07, 6.45) is 6.17. The Hall–Kier alpha value is -2.40. The molecule has 5 nitrogen and oxygen atoms in total. The van der Waals surface area contributed by atoms with Crippen molar-refractivity contribution in [3.05, 3.63) is 60.4 Å². The van der Waals surface area contributed by atoms with Gasteiger partial charge >= 0.3 is 0 Å². The SMILES string of the molecule is O=C(CCCOc1ccccc1)N(Cc1ccccn1)C1CCCNCC1. The zero-order valence-corrected chi connectivity index (χ0v) is 15.8. The Bertz CT molecular complexity index is 670. The van der Waals surface area contributed by atoms with E-state index in [1.807, 2.05) is 53.4 Å². The van der Waals surface area contributed by atoms with Gasteiger partial charge in [0.25, 0.3) is 0 Å². The summed E-state index contributed by atoms with van der Waals surface area (Å²) in [4.78, 5) is 19.5. The molecule has 0 radical (unpaired) electrons. The number of carbonyl (C=O) groups excluding carboxylic acids is 1. The summed E-state index contributed by atoms with van der Waals surface area (Å²) in [7, 11) is 0. The van der Waals surface area contributed by atoms with Gasteiger partial charge in [0.05, 0.1) is 18.8 Å². The van der Waals surface area contributed by atoms with Crippen molar-refractivity contribution in [3.8, 4) is 5.75 Å². The predicted octanol–water partition coefficient (Wildman–Crippen LogP) is 3.41. The molecule has 1 amide bonds. The molecule has 1 aliphatic heterocycles. The number of benzene rings is 1. The van der Waals surface area contributed by atoms with Crippen LogP contribution < -0.4 is 10.1 Å². The van der Waals surface area contributed by atoms with E-state index >= 15 is 0 Å². The molecule has 1 aliphatic rings. The quantitative estimate of drug-likeness (QED) is 0.727. The molecule has 5 heteroatoms. The van der Waals surface area contributed by atoms with Gasteiger partial charge in [-0.3, -0.25) is 9.78 Å². The van der Waals surface area contributed by atoms with E-state index in [0.717, 1.165) is 50.2 Å². The number of carbonyl (C=O) groups is 1. The summed E-state index contributed by atoms with van der Waals surface area (Å²) in [5, 5.41) is 3.43. The fourth-order valence-electron chi connectivity index (χ4n) is 3.47. The maximum Gasteiger partial charge on any atom is 0.223 e. The Kier molecular flexibility index (Phi) is 7.66. The van der Waals surface area contributed by atoms with E-state index < -0.39 is 0 Å². The largest absolute Gasteiger partial charge is 0.494 e. The molecule has 2 aromatic rings. The van der Waals surface area contributed by atoms with Crippen LogP contribution in [0.15, 0.2) is 54.7 Å². The highest BCUT2D eigenvalue weighted by Crippen LogP contribution is 2.18. The number of hydrogen-bond acceptors (Lipinski definition) is 4. The molecule has 0 bridgehead atoms. The van der Waals surface area contributed by atoms with E-state index in [2.05, 4.69) is 10.3 Å². The number of nitrogens with one attached hydrogen (secondary N) is 1. The summed E-state index contributed by atoms with van der Waals surface area (Å²) >= 11 is 0. The van der Waals surface area contributed by atoms with E-state index in [1.165, 1.54) is 0 Å². The van der Waals surface area contributed by atoms with Gasteiger partial charge in [-0.25, -0.2) is 0 Å². The van der Waals surface area contributed by atoms with Crippen LogP contribution in [0.3, 0.4) is 0 Å². The van der Waals surface area contributed by atoms with Crippen LogP contribution in [0.1, 0.15) is 37.8 Å². The highest BCUT2D eigenvalue weighted by atomic mass is 16.5. The monoisotopic (exact) mass is 367 g/mol. The van der Waals surface area contributed by atoms with E-state index in [1.54, 1.807) is 6.20 Å². The number of hydrogen-bond donors (Lipinski definition) is 1. The first-order valence-electron chi connectivity index (χ1n) is 9.91. The van der Waals surface area contributed by atoms with Gasteiger partial charge < -0.3 is 15.0 Å². The number of rotatable bonds is 8. The highest BCUT2D eigenvalue weighted by molar-refractivity contribution is 5.76. The van der Waals surface area contributed by atoms with Gasteiger partial charge in [0, 0.05) is 18.7 Å². The topological polar surface area (TPSA) is 54.5 Å². The van der Waals surface area contributed by atoms with Crippen molar-refractivity contribution in [2.24, 2.45) is 0 Å². The van der Waals surface area contributed by atoms with Crippen molar-refractivity contribution < 1.29 is 9.53 Å². The molecule has 0 aliphatic carbocycles. The molecule has 1 aromatic heterocycles. The van der Waals surface area contributed by atoms with Crippen molar-refractivity contribution >= 4 is 5.91 Å². The van der Waals surface area contributed by atoms with E-state index in [9.17, 15) is 4.79 Å². The number of ether oxygens (including phenoxy) is 1. The van der Waals surface area contributed by atoms with Gasteiger partial charge in [-0.2, -0.15) is 0 Å². The molecule has 1 N–H and O–H groups in total. The third kappa shape index (κ3) is 6.36. The molecular formula is C22H29N3O2. The van der Waals surface area contributed by atoms with Crippen LogP contribution in [-0.2, 0) is 11.3 Å². The first-order valence-corrected chi connectivity index (χ1v) is 9.91. The molecule has 1 fully saturated rings. The Morgan fingerprint density at radius 2 is 1.96 bits per heavy atom. The lowest BCUT2D eigenvalue weighted by Crippen LogP contribution is -2.40. The number of nitrogens with zero attached hydrogens (tertiary/aromatic N) is 2. The number of para-hydroxylation sites is 1. The van der Waals surface area contributed by atoms with Crippen molar-refractivity contribution in [1.29, 1.82) is 0 Å². The lowest BCUT2D eigenvalue weighted by molar-refractivity contribution is -0.134. The fraction of sp³-hybridized carbons (Fsp3) is 0.455. The lowest BCUT2D eigenvalue weighted by Gasteiger charge is -2.31. The van der Waals surface area contributed by atoms with Gasteiger partial charge in [-0.05, 0) is 63.0 Å². The summed E-state index contributed by atoms with van der Waals surface area (Å²) in [6, 6.07) is 15.9. The van der Waals surface area contributed by atoms with E-state index in [4.69, 9.17) is 4.74 Å². The van der Waals surface area contributed by atoms with Crippen LogP contribution in [0.4, 0.5) is 0 Å². The predicted molar refractivity (Wildman–Crippen MR) is 106 cm³/mol. The number of aromatic nitrogens is 1. The minimum atomic E-state index is 0.198. The first-order chi connectivity index (χ1) is 13.3. The van der Waals surface area contributed by atoms with Crippen LogP contribution >= 0.6 is 0 Å². The van der Waals surface area contributed by atoms with Gasteiger partial charge in [0.1, 0.15) is 5.75 Å². The molecule has 1 aromatic carbocycles. The Morgan fingerprint density at radius 3 is 2.78 bits per heavy atom. The zero-order chi connectivity index (χ0) is 18.7. The Labute approximate surface area is 161 Å². The molecule has 0 spiro atoms. The summed E-state index contributed by atoms with van der Waals surface area (Å²) in [5.41, 5.74) is 0.948. The number of pyridine rings is 1. The third-order valence-electron chi connectivity index (χ3n) is 4.91. The zero-order valence-electron chi connectivity index (χ0n) is 15.8. The molecule has 2 heterocycles. The van der Waals surface area contributed by atoms with E-state index in [0.29, 0.717) is 19.6 Å². The first kappa shape index (κ1) is 19.4. The van der Waals surface area contributed by atoms with Crippen molar-refractivity contribution in [2.75, 3.05) is 19.7 Å². The van der Waals surface area contributed by atoms with Crippen molar-refractivity contribution in [3.63, 3.8) is 0 Å². The van der Waals surface area contributed by atoms with Crippen LogP contribution in [0.2, 0.25) is 0 Å². The summed E-state index contributed by atoms with van der Waals surface area (Å²) in [5.74, 6) is 1.05. The maximum atomic E-state index is 13.0. The van der Waals surface area contributed by atoms with Gasteiger partial charge in [-0.15, -0.1) is 0 Å². The van der Waals surface area contributed by atoms with Crippen LogP contribution in [0.25, 0.3) is 0 Å². The van der Waals surface area contributed by atoms with Crippen molar-refractivity contribution in [2.45, 2.75) is 44.7 Å². The molecule has 1 atom stereocenters. The second-order valence-electron chi connectivity index (χ2n) is 6.94. The minimum absolute atomic E-state index is 0.198. The molecule has 1 unspecified atom stereocenters. The molecule has 1 saturated heterocycles. The van der Waals surface area contributed by atoms with Gasteiger partial charge in [-0.1, -0.05) is 24.3 Å². The normalized spacial score (nSPS) is 17.1. The molecular weight excluding hydrogens is 338 g/mol. The van der Waals surface area contributed by atoms with Crippen LogP contribution in [0.5, 0.6) is 5.75 Å². The van der Waals surface area contributed by atoms with Crippen molar-refractivity contribution in [1.82, 2.24) is 15.2 Å². The maximum absolute atomic E-state index is 13.0.